The Morgan fingerprint density at radius 1 is 1.53 bits per heavy atom. The maximum atomic E-state index is 11.3. The van der Waals surface area contributed by atoms with Crippen LogP contribution in [0, 0.1) is 0 Å². The summed E-state index contributed by atoms with van der Waals surface area (Å²) in [4.78, 5) is 15.6. The van der Waals surface area contributed by atoms with E-state index in [1.54, 1.807) is 13.1 Å². The molecular formula is C13H18N2O2. The summed E-state index contributed by atoms with van der Waals surface area (Å²) in [6.45, 7) is 5.93. The first-order chi connectivity index (χ1) is 7.98. The van der Waals surface area contributed by atoms with E-state index in [1.807, 2.05) is 32.0 Å². The third kappa shape index (κ3) is 3.31. The van der Waals surface area contributed by atoms with E-state index in [-0.39, 0.29) is 0 Å². The molecule has 0 saturated heterocycles. The zero-order valence-corrected chi connectivity index (χ0v) is 10.4. The third-order valence-electron chi connectivity index (χ3n) is 2.59. The molecular weight excluding hydrogens is 216 g/mol. The van der Waals surface area contributed by atoms with Crippen LogP contribution in [-0.4, -0.2) is 17.6 Å². The van der Waals surface area contributed by atoms with Gasteiger partial charge in [-0.15, -0.1) is 0 Å². The Labute approximate surface area is 101 Å². The van der Waals surface area contributed by atoms with Gasteiger partial charge in [0.05, 0.1) is 12.3 Å². The lowest BCUT2D eigenvalue weighted by Crippen LogP contribution is -2.28. The molecule has 0 atom stereocenters. The van der Waals surface area contributed by atoms with Gasteiger partial charge in [-0.2, -0.15) is 0 Å². The van der Waals surface area contributed by atoms with Crippen molar-refractivity contribution in [3.8, 4) is 0 Å². The monoisotopic (exact) mass is 234 g/mol. The standard InChI is InChI=1S/C13H18N2O2/c1-4-17-12(16)9-10(14)13(2,3)11-7-5-6-8-15-11/h5-9H,4,14H2,1-3H3/b10-9-. The lowest BCUT2D eigenvalue weighted by atomic mass is 9.85. The first-order valence-corrected chi connectivity index (χ1v) is 5.54. The van der Waals surface area contributed by atoms with Crippen molar-refractivity contribution in [3.05, 3.63) is 41.9 Å². The molecule has 0 aliphatic rings. The van der Waals surface area contributed by atoms with Gasteiger partial charge in [0.15, 0.2) is 0 Å². The zero-order valence-electron chi connectivity index (χ0n) is 10.4. The number of nitrogens with zero attached hydrogens (tertiary/aromatic N) is 1. The van der Waals surface area contributed by atoms with Crippen LogP contribution in [0.4, 0.5) is 0 Å². The highest BCUT2D eigenvalue weighted by molar-refractivity contribution is 5.83. The van der Waals surface area contributed by atoms with Gasteiger partial charge in [0, 0.05) is 23.4 Å². The highest BCUT2D eigenvalue weighted by Gasteiger charge is 2.25. The molecule has 0 aliphatic carbocycles. The van der Waals surface area contributed by atoms with Gasteiger partial charge in [0.25, 0.3) is 0 Å². The summed E-state index contributed by atoms with van der Waals surface area (Å²) < 4.78 is 4.83. The molecule has 1 aromatic rings. The summed E-state index contributed by atoms with van der Waals surface area (Å²) in [6, 6.07) is 5.61. The lowest BCUT2D eigenvalue weighted by Gasteiger charge is -2.24. The molecule has 0 radical (unpaired) electrons. The summed E-state index contributed by atoms with van der Waals surface area (Å²) >= 11 is 0. The van der Waals surface area contributed by atoms with Crippen LogP contribution < -0.4 is 5.73 Å². The quantitative estimate of drug-likeness (QED) is 0.637. The predicted molar refractivity (Wildman–Crippen MR) is 66.2 cm³/mol. The Hall–Kier alpha value is -1.84. The number of esters is 1. The molecule has 17 heavy (non-hydrogen) atoms. The first-order valence-electron chi connectivity index (χ1n) is 5.54. The van der Waals surface area contributed by atoms with Crippen molar-refractivity contribution in [2.45, 2.75) is 26.2 Å². The minimum absolute atomic E-state index is 0.340. The molecule has 0 aliphatic heterocycles. The van der Waals surface area contributed by atoms with Crippen molar-refractivity contribution in [1.82, 2.24) is 4.98 Å². The fourth-order valence-electron chi connectivity index (χ4n) is 1.37. The molecule has 2 N–H and O–H groups in total. The Kier molecular flexibility index (Phi) is 4.26. The van der Waals surface area contributed by atoms with Crippen LogP contribution in [0.1, 0.15) is 26.5 Å². The molecule has 0 aromatic carbocycles. The highest BCUT2D eigenvalue weighted by Crippen LogP contribution is 2.26. The number of pyridine rings is 1. The second-order valence-corrected chi connectivity index (χ2v) is 4.19. The van der Waals surface area contributed by atoms with E-state index in [1.165, 1.54) is 6.08 Å². The number of carbonyl (C=O) groups is 1. The van der Waals surface area contributed by atoms with Crippen LogP contribution in [0.2, 0.25) is 0 Å². The minimum Gasteiger partial charge on any atom is -0.463 e. The molecule has 4 nitrogen and oxygen atoms in total. The summed E-state index contributed by atoms with van der Waals surface area (Å²) in [7, 11) is 0. The molecule has 0 bridgehead atoms. The summed E-state index contributed by atoms with van der Waals surface area (Å²) in [6.07, 6.45) is 3.02. The lowest BCUT2D eigenvalue weighted by molar-refractivity contribution is -0.137. The number of aromatic nitrogens is 1. The molecule has 1 heterocycles. The van der Waals surface area contributed by atoms with Crippen LogP contribution in [-0.2, 0) is 14.9 Å². The number of allylic oxidation sites excluding steroid dienone is 1. The number of hydrogen-bond acceptors (Lipinski definition) is 4. The van der Waals surface area contributed by atoms with E-state index in [4.69, 9.17) is 10.5 Å². The Balaban J connectivity index is 2.94. The van der Waals surface area contributed by atoms with Crippen molar-refractivity contribution in [3.63, 3.8) is 0 Å². The number of ether oxygens (including phenoxy) is 1. The van der Waals surface area contributed by atoms with Crippen molar-refractivity contribution < 1.29 is 9.53 Å². The number of hydrogen-bond donors (Lipinski definition) is 1. The van der Waals surface area contributed by atoms with Crippen LogP contribution in [0.15, 0.2) is 36.2 Å². The van der Waals surface area contributed by atoms with Gasteiger partial charge in [-0.1, -0.05) is 6.07 Å². The first kappa shape index (κ1) is 13.2. The van der Waals surface area contributed by atoms with Crippen molar-refractivity contribution in [1.29, 1.82) is 0 Å². The van der Waals surface area contributed by atoms with Crippen LogP contribution in [0.25, 0.3) is 0 Å². The smallest absolute Gasteiger partial charge is 0.332 e. The maximum Gasteiger partial charge on any atom is 0.332 e. The normalized spacial score (nSPS) is 12.3. The molecule has 0 saturated carbocycles. The average Bonchev–Trinajstić information content (AvgIpc) is 2.30. The van der Waals surface area contributed by atoms with Crippen LogP contribution in [0.5, 0.6) is 0 Å². The molecule has 4 heteroatoms. The van der Waals surface area contributed by atoms with E-state index in [0.29, 0.717) is 12.3 Å². The highest BCUT2D eigenvalue weighted by atomic mass is 16.5. The van der Waals surface area contributed by atoms with Gasteiger partial charge in [0.2, 0.25) is 0 Å². The fraction of sp³-hybridized carbons (Fsp3) is 0.385. The van der Waals surface area contributed by atoms with E-state index < -0.39 is 11.4 Å². The topological polar surface area (TPSA) is 65.2 Å². The van der Waals surface area contributed by atoms with Gasteiger partial charge in [-0.3, -0.25) is 4.98 Å². The van der Waals surface area contributed by atoms with E-state index in [9.17, 15) is 4.79 Å². The van der Waals surface area contributed by atoms with E-state index in [2.05, 4.69) is 4.98 Å². The summed E-state index contributed by atoms with van der Waals surface area (Å²) in [5, 5.41) is 0. The van der Waals surface area contributed by atoms with Gasteiger partial charge in [-0.25, -0.2) is 4.79 Å². The number of carbonyl (C=O) groups excluding carboxylic acids is 1. The van der Waals surface area contributed by atoms with Gasteiger partial charge >= 0.3 is 5.97 Å². The SMILES string of the molecule is CCOC(=O)/C=C(\N)C(C)(C)c1ccccn1. The Bertz CT molecular complexity index is 411. The molecule has 92 valence electrons. The largest absolute Gasteiger partial charge is 0.463 e. The van der Waals surface area contributed by atoms with Gasteiger partial charge in [0.1, 0.15) is 0 Å². The average molecular weight is 234 g/mol. The molecule has 0 fully saturated rings. The fourth-order valence-corrected chi connectivity index (χ4v) is 1.37. The number of rotatable bonds is 4. The zero-order chi connectivity index (χ0) is 12.9. The van der Waals surface area contributed by atoms with Gasteiger partial charge in [-0.05, 0) is 32.9 Å². The maximum absolute atomic E-state index is 11.3. The summed E-state index contributed by atoms with van der Waals surface area (Å²) in [5.74, 6) is -0.422. The van der Waals surface area contributed by atoms with Gasteiger partial charge < -0.3 is 10.5 Å². The summed E-state index contributed by atoms with van der Waals surface area (Å²) in [5.41, 5.74) is 6.70. The molecule has 0 unspecified atom stereocenters. The van der Waals surface area contributed by atoms with Crippen molar-refractivity contribution in [2.75, 3.05) is 6.61 Å². The predicted octanol–water partition coefficient (Wildman–Crippen LogP) is 1.76. The Morgan fingerprint density at radius 3 is 2.76 bits per heavy atom. The third-order valence-corrected chi connectivity index (χ3v) is 2.59. The van der Waals surface area contributed by atoms with Crippen LogP contribution >= 0.6 is 0 Å². The molecule has 0 amide bonds. The molecule has 1 aromatic heterocycles. The van der Waals surface area contributed by atoms with Crippen molar-refractivity contribution in [2.24, 2.45) is 5.73 Å². The molecule has 0 spiro atoms. The minimum atomic E-state index is -0.492. The van der Waals surface area contributed by atoms with E-state index >= 15 is 0 Å². The second-order valence-electron chi connectivity index (χ2n) is 4.19. The Morgan fingerprint density at radius 2 is 2.24 bits per heavy atom. The van der Waals surface area contributed by atoms with E-state index in [0.717, 1.165) is 5.69 Å². The van der Waals surface area contributed by atoms with Crippen molar-refractivity contribution >= 4 is 5.97 Å². The number of nitrogens with two attached hydrogens (primary N) is 1. The second kappa shape index (κ2) is 5.48. The van der Waals surface area contributed by atoms with Crippen LogP contribution in [0.3, 0.4) is 0 Å². The molecule has 1 rings (SSSR count).